The number of halogens is 3. The highest BCUT2D eigenvalue weighted by Crippen LogP contribution is 2.31. The van der Waals surface area contributed by atoms with Crippen LogP contribution in [0.25, 0.3) is 11.3 Å². The molecule has 1 aliphatic heterocycles. The molecule has 12 heteroatoms. The summed E-state index contributed by atoms with van der Waals surface area (Å²) in [6.07, 6.45) is -2.66. The first-order chi connectivity index (χ1) is 18.8. The van der Waals surface area contributed by atoms with Gasteiger partial charge in [0, 0.05) is 37.4 Å². The van der Waals surface area contributed by atoms with Crippen LogP contribution in [0.2, 0.25) is 0 Å². The Morgan fingerprint density at radius 2 is 1.88 bits per heavy atom. The summed E-state index contributed by atoms with van der Waals surface area (Å²) in [5, 5.41) is 8.14. The van der Waals surface area contributed by atoms with Crippen LogP contribution in [0.15, 0.2) is 54.6 Å². The Labute approximate surface area is 232 Å². The van der Waals surface area contributed by atoms with Crippen molar-refractivity contribution in [1.82, 2.24) is 19.8 Å². The number of benzene rings is 2. The number of aromatic nitrogens is 2. The van der Waals surface area contributed by atoms with Gasteiger partial charge in [-0.15, -0.1) is 0 Å². The fourth-order valence-corrected chi connectivity index (χ4v) is 5.97. The molecule has 2 aromatic carbocycles. The zero-order chi connectivity index (χ0) is 29.0. The minimum absolute atomic E-state index is 0.367. The van der Waals surface area contributed by atoms with Crippen molar-refractivity contribution in [3.8, 4) is 22.9 Å². The molecule has 0 radical (unpaired) electrons. The van der Waals surface area contributed by atoms with Gasteiger partial charge in [0.1, 0.15) is 5.75 Å². The van der Waals surface area contributed by atoms with Crippen molar-refractivity contribution in [2.45, 2.75) is 64.5 Å². The minimum Gasteiger partial charge on any atom is -0.439 e. The average molecular weight is 581 g/mol. The van der Waals surface area contributed by atoms with Crippen LogP contribution in [0.1, 0.15) is 44.7 Å². The van der Waals surface area contributed by atoms with E-state index in [-0.39, 0.29) is 0 Å². The van der Waals surface area contributed by atoms with E-state index < -0.39 is 27.5 Å². The number of nitrogens with zero attached hydrogens (tertiary/aromatic N) is 2. The Kier molecular flexibility index (Phi) is 9.23. The lowest BCUT2D eigenvalue weighted by Gasteiger charge is -2.27. The molecule has 4 rings (SSSR count). The van der Waals surface area contributed by atoms with Gasteiger partial charge in [0.15, 0.2) is 5.75 Å². The molecule has 1 fully saturated rings. The minimum atomic E-state index is -4.84. The Bertz CT molecular complexity index is 1380. The van der Waals surface area contributed by atoms with Gasteiger partial charge in [-0.25, -0.2) is 17.8 Å². The number of hydrogen-bond acceptors (Lipinski definition) is 6. The van der Waals surface area contributed by atoms with Crippen molar-refractivity contribution in [2.75, 3.05) is 19.0 Å². The fourth-order valence-electron chi connectivity index (χ4n) is 4.58. The van der Waals surface area contributed by atoms with Crippen LogP contribution in [0.3, 0.4) is 0 Å². The van der Waals surface area contributed by atoms with Gasteiger partial charge in [0.25, 0.3) is 0 Å². The van der Waals surface area contributed by atoms with Crippen molar-refractivity contribution < 1.29 is 31.1 Å². The van der Waals surface area contributed by atoms with Crippen molar-refractivity contribution in [2.24, 2.45) is 0 Å². The molecule has 1 atom stereocenters. The fraction of sp³-hybridized carbons (Fsp3) is 0.464. The zero-order valence-corrected chi connectivity index (χ0v) is 23.6. The number of hydrogen-bond donors (Lipinski definition) is 2. The molecule has 0 aliphatic carbocycles. The number of aryl methyl sites for hydroxylation is 1. The lowest BCUT2D eigenvalue weighted by molar-refractivity contribution is -0.106. The summed E-state index contributed by atoms with van der Waals surface area (Å²) in [6, 6.07) is 16.8. The van der Waals surface area contributed by atoms with Gasteiger partial charge in [0.2, 0.25) is 15.9 Å². The highest BCUT2D eigenvalue weighted by Gasteiger charge is 2.38. The van der Waals surface area contributed by atoms with Crippen molar-refractivity contribution in [3.63, 3.8) is 0 Å². The SMILES string of the molecule is CCn1nc(-c2cccc(C(C)(C)NS(=O)(=O)CC(F)(F)F)c2)cc1Oc1ccc(CNC2CCCOC2)cc1. The summed E-state index contributed by atoms with van der Waals surface area (Å²) in [7, 11) is -4.60. The van der Waals surface area contributed by atoms with Gasteiger partial charge in [-0.05, 0) is 62.9 Å². The van der Waals surface area contributed by atoms with Gasteiger partial charge in [0.05, 0.1) is 17.8 Å². The maximum absolute atomic E-state index is 12.7. The number of alkyl halides is 3. The second-order valence-electron chi connectivity index (χ2n) is 10.4. The first-order valence-corrected chi connectivity index (χ1v) is 14.8. The summed E-state index contributed by atoms with van der Waals surface area (Å²) in [6.45, 7) is 7.81. The molecule has 0 bridgehead atoms. The summed E-state index contributed by atoms with van der Waals surface area (Å²) < 4.78 is 77.9. The molecular weight excluding hydrogens is 545 g/mol. The number of nitrogens with one attached hydrogen (secondary N) is 2. The highest BCUT2D eigenvalue weighted by molar-refractivity contribution is 7.89. The van der Waals surface area contributed by atoms with Crippen LogP contribution in [0.4, 0.5) is 13.2 Å². The molecule has 40 heavy (non-hydrogen) atoms. The number of rotatable bonds is 11. The molecule has 2 N–H and O–H groups in total. The molecule has 1 unspecified atom stereocenters. The largest absolute Gasteiger partial charge is 0.439 e. The quantitative estimate of drug-likeness (QED) is 0.318. The molecule has 1 saturated heterocycles. The predicted molar refractivity (Wildman–Crippen MR) is 147 cm³/mol. The second-order valence-corrected chi connectivity index (χ2v) is 12.1. The summed E-state index contributed by atoms with van der Waals surface area (Å²) in [5.74, 6) is -0.768. The van der Waals surface area contributed by atoms with Gasteiger partial charge in [-0.3, -0.25) is 0 Å². The van der Waals surface area contributed by atoms with Gasteiger partial charge in [-0.2, -0.15) is 18.3 Å². The zero-order valence-electron chi connectivity index (χ0n) is 22.8. The third-order valence-electron chi connectivity index (χ3n) is 6.59. The van der Waals surface area contributed by atoms with Crippen LogP contribution in [-0.4, -0.2) is 49.4 Å². The molecule has 0 spiro atoms. The van der Waals surface area contributed by atoms with Crippen LogP contribution >= 0.6 is 0 Å². The summed E-state index contributed by atoms with van der Waals surface area (Å²) >= 11 is 0. The Morgan fingerprint density at radius 3 is 2.52 bits per heavy atom. The van der Waals surface area contributed by atoms with Crippen LogP contribution in [-0.2, 0) is 33.4 Å². The number of ether oxygens (including phenoxy) is 2. The van der Waals surface area contributed by atoms with Gasteiger partial charge >= 0.3 is 6.18 Å². The first-order valence-electron chi connectivity index (χ1n) is 13.2. The molecule has 2 heterocycles. The lowest BCUT2D eigenvalue weighted by Crippen LogP contribution is -2.44. The van der Waals surface area contributed by atoms with E-state index in [2.05, 4.69) is 15.1 Å². The maximum Gasteiger partial charge on any atom is 0.404 e. The molecular formula is C28H35F3N4O4S. The molecule has 1 aromatic heterocycles. The van der Waals surface area contributed by atoms with Gasteiger partial charge in [-0.1, -0.05) is 30.3 Å². The second kappa shape index (κ2) is 12.3. The van der Waals surface area contributed by atoms with Crippen molar-refractivity contribution in [1.29, 1.82) is 0 Å². The van der Waals surface area contributed by atoms with E-state index in [0.29, 0.717) is 41.0 Å². The van der Waals surface area contributed by atoms with E-state index in [9.17, 15) is 21.6 Å². The third kappa shape index (κ3) is 8.29. The van der Waals surface area contributed by atoms with E-state index in [1.54, 1.807) is 35.0 Å². The molecule has 218 valence electrons. The summed E-state index contributed by atoms with van der Waals surface area (Å²) in [4.78, 5) is 0. The Balaban J connectivity index is 1.46. The lowest BCUT2D eigenvalue weighted by atomic mass is 9.93. The van der Waals surface area contributed by atoms with E-state index in [1.807, 2.05) is 31.2 Å². The molecule has 1 aliphatic rings. The summed E-state index contributed by atoms with van der Waals surface area (Å²) in [5.41, 5.74) is 1.60. The topological polar surface area (TPSA) is 94.5 Å². The number of sulfonamides is 1. The van der Waals surface area contributed by atoms with Gasteiger partial charge < -0.3 is 14.8 Å². The van der Waals surface area contributed by atoms with E-state index in [4.69, 9.17) is 9.47 Å². The molecule has 8 nitrogen and oxygen atoms in total. The third-order valence-corrected chi connectivity index (χ3v) is 8.12. The predicted octanol–water partition coefficient (Wildman–Crippen LogP) is 5.35. The standard InChI is InChI=1S/C28H35F3N4O4S/c1-4-35-26(39-24-12-10-20(11-13-24)17-32-23-9-6-14-38-18-23)16-25(33-35)21-7-5-8-22(15-21)27(2,3)34-40(36,37)19-28(29,30)31/h5,7-8,10-13,15-16,23,32,34H,4,6,9,14,17-19H2,1-3H3. The maximum atomic E-state index is 12.7. The van der Waals surface area contributed by atoms with Crippen LogP contribution in [0.5, 0.6) is 11.6 Å². The van der Waals surface area contributed by atoms with E-state index in [0.717, 1.165) is 38.2 Å². The monoisotopic (exact) mass is 580 g/mol. The Hall–Kier alpha value is -2.93. The van der Waals surface area contributed by atoms with Crippen molar-refractivity contribution >= 4 is 10.0 Å². The highest BCUT2D eigenvalue weighted by atomic mass is 32.2. The van der Waals surface area contributed by atoms with Crippen LogP contribution in [0, 0.1) is 0 Å². The molecule has 3 aromatic rings. The molecule has 0 saturated carbocycles. The van der Waals surface area contributed by atoms with Crippen LogP contribution < -0.4 is 14.8 Å². The van der Waals surface area contributed by atoms with E-state index in [1.165, 1.54) is 13.8 Å². The average Bonchev–Trinajstić information content (AvgIpc) is 3.30. The molecule has 0 amide bonds. The normalized spacial score (nSPS) is 16.7. The van der Waals surface area contributed by atoms with E-state index >= 15 is 0 Å². The Morgan fingerprint density at radius 1 is 1.12 bits per heavy atom. The first kappa shape index (κ1) is 30.0. The van der Waals surface area contributed by atoms with Crippen molar-refractivity contribution in [3.05, 3.63) is 65.7 Å². The smallest absolute Gasteiger partial charge is 0.404 e.